The molecule has 0 aliphatic carbocycles. The van der Waals surface area contributed by atoms with Gasteiger partial charge in [-0.15, -0.1) is 0 Å². The van der Waals surface area contributed by atoms with E-state index in [4.69, 9.17) is 0 Å². The van der Waals surface area contributed by atoms with Gasteiger partial charge in [-0.25, -0.2) is 4.79 Å². The maximum atomic E-state index is 13.2. The van der Waals surface area contributed by atoms with Crippen LogP contribution in [-0.2, 0) is 4.79 Å². The Morgan fingerprint density at radius 3 is 1.31 bits per heavy atom. The second kappa shape index (κ2) is 10.1. The van der Waals surface area contributed by atoms with Gasteiger partial charge in [0.05, 0.1) is 5.92 Å². The van der Waals surface area contributed by atoms with Crippen LogP contribution in [0.15, 0.2) is 115 Å². The Balaban J connectivity index is 1.43. The third-order valence-corrected chi connectivity index (χ3v) is 4.97. The Bertz CT molecular complexity index is 1120. The molecule has 0 spiro atoms. The maximum Gasteiger partial charge on any atom is 0.323 e. The van der Waals surface area contributed by atoms with Crippen LogP contribution in [-0.4, -0.2) is 11.9 Å². The van der Waals surface area contributed by atoms with E-state index in [1.54, 1.807) is 24.3 Å². The summed E-state index contributed by atoms with van der Waals surface area (Å²) in [5.41, 5.74) is 3.83. The van der Waals surface area contributed by atoms with Gasteiger partial charge in [-0.2, -0.15) is 0 Å². The van der Waals surface area contributed by atoms with Crippen molar-refractivity contribution in [1.29, 1.82) is 0 Å². The molecule has 32 heavy (non-hydrogen) atoms. The number of anilines is 3. The quantitative estimate of drug-likeness (QED) is 0.352. The van der Waals surface area contributed by atoms with Crippen molar-refractivity contribution >= 4 is 29.0 Å². The van der Waals surface area contributed by atoms with E-state index in [1.165, 1.54) is 0 Å². The molecular weight excluding hydrogens is 398 g/mol. The summed E-state index contributed by atoms with van der Waals surface area (Å²) in [6, 6.07) is 35.3. The fourth-order valence-corrected chi connectivity index (χ4v) is 3.45. The molecule has 5 nitrogen and oxygen atoms in total. The summed E-state index contributed by atoms with van der Waals surface area (Å²) >= 11 is 0. The van der Waals surface area contributed by atoms with Crippen LogP contribution < -0.4 is 16.0 Å². The minimum absolute atomic E-state index is 0.120. The first-order valence-electron chi connectivity index (χ1n) is 10.3. The number of hydrogen-bond donors (Lipinski definition) is 3. The van der Waals surface area contributed by atoms with Crippen molar-refractivity contribution in [3.63, 3.8) is 0 Å². The van der Waals surface area contributed by atoms with Crippen molar-refractivity contribution in [2.24, 2.45) is 0 Å². The summed E-state index contributed by atoms with van der Waals surface area (Å²) in [7, 11) is 0. The highest BCUT2D eigenvalue weighted by Crippen LogP contribution is 2.26. The molecule has 158 valence electrons. The lowest BCUT2D eigenvalue weighted by Gasteiger charge is -2.18. The number of carbonyl (C=O) groups is 2. The van der Waals surface area contributed by atoms with Crippen molar-refractivity contribution in [1.82, 2.24) is 0 Å². The molecule has 3 amide bonds. The second-order valence-corrected chi connectivity index (χ2v) is 7.27. The van der Waals surface area contributed by atoms with Gasteiger partial charge >= 0.3 is 6.03 Å². The van der Waals surface area contributed by atoms with E-state index < -0.39 is 5.92 Å². The van der Waals surface area contributed by atoms with Gasteiger partial charge in [0.2, 0.25) is 5.91 Å². The molecule has 0 saturated heterocycles. The summed E-state index contributed by atoms with van der Waals surface area (Å²) in [5, 5.41) is 8.54. The van der Waals surface area contributed by atoms with E-state index in [0.717, 1.165) is 11.1 Å². The highest BCUT2D eigenvalue weighted by molar-refractivity contribution is 6.00. The zero-order chi connectivity index (χ0) is 22.2. The van der Waals surface area contributed by atoms with E-state index in [0.29, 0.717) is 17.1 Å². The van der Waals surface area contributed by atoms with Crippen LogP contribution in [0, 0.1) is 0 Å². The Kier molecular flexibility index (Phi) is 6.58. The summed E-state index contributed by atoms with van der Waals surface area (Å²) < 4.78 is 0. The smallest absolute Gasteiger partial charge is 0.323 e. The first-order chi connectivity index (χ1) is 15.7. The predicted molar refractivity (Wildman–Crippen MR) is 129 cm³/mol. The molecule has 0 unspecified atom stereocenters. The van der Waals surface area contributed by atoms with Crippen molar-refractivity contribution in [3.05, 3.63) is 126 Å². The van der Waals surface area contributed by atoms with E-state index >= 15 is 0 Å². The van der Waals surface area contributed by atoms with Gasteiger partial charge in [0.1, 0.15) is 0 Å². The van der Waals surface area contributed by atoms with Gasteiger partial charge in [0.15, 0.2) is 0 Å². The van der Waals surface area contributed by atoms with Gasteiger partial charge in [0.25, 0.3) is 0 Å². The summed E-state index contributed by atoms with van der Waals surface area (Å²) in [4.78, 5) is 25.3. The zero-order valence-electron chi connectivity index (χ0n) is 17.4. The lowest BCUT2D eigenvalue weighted by Crippen LogP contribution is -2.22. The van der Waals surface area contributed by atoms with Gasteiger partial charge < -0.3 is 16.0 Å². The molecule has 0 aromatic heterocycles. The molecule has 4 aromatic carbocycles. The fourth-order valence-electron chi connectivity index (χ4n) is 3.45. The topological polar surface area (TPSA) is 70.2 Å². The molecule has 0 aliphatic rings. The average molecular weight is 422 g/mol. The Hall–Kier alpha value is -4.38. The van der Waals surface area contributed by atoms with Gasteiger partial charge in [-0.1, -0.05) is 78.9 Å². The average Bonchev–Trinajstić information content (AvgIpc) is 2.82. The molecule has 0 radical (unpaired) electrons. The standard InChI is InChI=1S/C27H23N3O2/c31-26(25(20-10-4-1-5-11-20)21-12-6-2-7-13-21)28-23-16-18-24(19-17-23)30-27(32)29-22-14-8-3-9-15-22/h1-19,25H,(H,28,31)(H2,29,30,32). The van der Waals surface area contributed by atoms with Crippen LogP contribution in [0.4, 0.5) is 21.9 Å². The third-order valence-electron chi connectivity index (χ3n) is 4.97. The monoisotopic (exact) mass is 421 g/mol. The molecule has 0 atom stereocenters. The summed E-state index contributed by atoms with van der Waals surface area (Å²) in [6.07, 6.45) is 0. The molecule has 5 heteroatoms. The predicted octanol–water partition coefficient (Wildman–Crippen LogP) is 6.10. The largest absolute Gasteiger partial charge is 0.325 e. The van der Waals surface area contributed by atoms with Crippen LogP contribution >= 0.6 is 0 Å². The van der Waals surface area contributed by atoms with Crippen LogP contribution in [0.2, 0.25) is 0 Å². The lowest BCUT2D eigenvalue weighted by molar-refractivity contribution is -0.116. The van der Waals surface area contributed by atoms with Crippen molar-refractivity contribution in [3.8, 4) is 0 Å². The van der Waals surface area contributed by atoms with Crippen molar-refractivity contribution in [2.75, 3.05) is 16.0 Å². The van der Waals surface area contributed by atoms with Gasteiger partial charge in [0, 0.05) is 17.1 Å². The molecule has 0 bridgehead atoms. The van der Waals surface area contributed by atoms with E-state index in [2.05, 4.69) is 16.0 Å². The summed E-state index contributed by atoms with van der Waals surface area (Å²) in [5.74, 6) is -0.545. The van der Waals surface area contributed by atoms with Gasteiger partial charge in [-0.05, 0) is 47.5 Å². The number of para-hydroxylation sites is 1. The minimum atomic E-state index is -0.424. The molecule has 4 rings (SSSR count). The number of nitrogens with one attached hydrogen (secondary N) is 3. The normalized spacial score (nSPS) is 10.4. The fraction of sp³-hybridized carbons (Fsp3) is 0.0370. The molecule has 0 heterocycles. The molecule has 0 aliphatic heterocycles. The van der Waals surface area contributed by atoms with Crippen LogP contribution in [0.25, 0.3) is 0 Å². The van der Waals surface area contributed by atoms with Crippen LogP contribution in [0.3, 0.4) is 0 Å². The Morgan fingerprint density at radius 2 is 0.844 bits per heavy atom. The minimum Gasteiger partial charge on any atom is -0.325 e. The van der Waals surface area contributed by atoms with Crippen LogP contribution in [0.1, 0.15) is 17.0 Å². The molecule has 0 saturated carbocycles. The zero-order valence-corrected chi connectivity index (χ0v) is 17.4. The molecular formula is C27H23N3O2. The number of rotatable bonds is 6. The number of amides is 3. The first kappa shape index (κ1) is 20.9. The maximum absolute atomic E-state index is 13.2. The van der Waals surface area contributed by atoms with E-state index in [-0.39, 0.29) is 11.9 Å². The van der Waals surface area contributed by atoms with E-state index in [1.807, 2.05) is 91.0 Å². The number of hydrogen-bond acceptors (Lipinski definition) is 2. The van der Waals surface area contributed by atoms with Crippen LogP contribution in [0.5, 0.6) is 0 Å². The number of carbonyl (C=O) groups excluding carboxylic acids is 2. The van der Waals surface area contributed by atoms with Crippen molar-refractivity contribution in [2.45, 2.75) is 5.92 Å². The van der Waals surface area contributed by atoms with Gasteiger partial charge in [-0.3, -0.25) is 4.79 Å². The third kappa shape index (κ3) is 5.40. The lowest BCUT2D eigenvalue weighted by atomic mass is 9.90. The SMILES string of the molecule is O=C(Nc1ccccc1)Nc1ccc(NC(=O)C(c2ccccc2)c2ccccc2)cc1. The molecule has 3 N–H and O–H groups in total. The summed E-state index contributed by atoms with van der Waals surface area (Å²) in [6.45, 7) is 0. The van der Waals surface area contributed by atoms with Crippen molar-refractivity contribution < 1.29 is 9.59 Å². The Morgan fingerprint density at radius 1 is 0.469 bits per heavy atom. The van der Waals surface area contributed by atoms with E-state index in [9.17, 15) is 9.59 Å². The number of benzene rings is 4. The molecule has 4 aromatic rings. The number of urea groups is 1. The first-order valence-corrected chi connectivity index (χ1v) is 10.3. The molecule has 0 fully saturated rings. The highest BCUT2D eigenvalue weighted by Gasteiger charge is 2.22. The Labute approximate surface area is 187 Å². The highest BCUT2D eigenvalue weighted by atomic mass is 16.2. The second-order valence-electron chi connectivity index (χ2n) is 7.27.